The molecule has 0 amide bonds. The summed E-state index contributed by atoms with van der Waals surface area (Å²) in [7, 11) is 0. The number of halogens is 1. The lowest BCUT2D eigenvalue weighted by Crippen LogP contribution is -2.01. The van der Waals surface area contributed by atoms with Crippen molar-refractivity contribution in [2.45, 2.75) is 26.7 Å². The molecule has 6 nitrogen and oxygen atoms in total. The summed E-state index contributed by atoms with van der Waals surface area (Å²) in [6.45, 7) is 5.08. The van der Waals surface area contributed by atoms with Crippen molar-refractivity contribution < 1.29 is 19.2 Å². The zero-order valence-electron chi connectivity index (χ0n) is 15.8. The highest BCUT2D eigenvalue weighted by molar-refractivity contribution is 6.32. The molecule has 148 valence electrons. The quantitative estimate of drug-likeness (QED) is 0.166. The van der Waals surface area contributed by atoms with Gasteiger partial charge in [-0.2, -0.15) is 0 Å². The van der Waals surface area contributed by atoms with E-state index in [9.17, 15) is 14.9 Å². The van der Waals surface area contributed by atoms with Gasteiger partial charge in [-0.1, -0.05) is 37.1 Å². The zero-order valence-corrected chi connectivity index (χ0v) is 16.6. The first-order valence-corrected chi connectivity index (χ1v) is 9.40. The smallest absolute Gasteiger partial charge is 0.288 e. The van der Waals surface area contributed by atoms with Gasteiger partial charge in [0.25, 0.3) is 5.69 Å². The van der Waals surface area contributed by atoms with Gasteiger partial charge < -0.3 is 9.47 Å². The Morgan fingerprint density at radius 2 is 1.93 bits per heavy atom. The topological polar surface area (TPSA) is 78.7 Å². The molecule has 0 fully saturated rings. The van der Waals surface area contributed by atoms with Crippen molar-refractivity contribution in [2.75, 3.05) is 13.2 Å². The van der Waals surface area contributed by atoms with Crippen LogP contribution in [0.1, 0.15) is 42.6 Å². The fourth-order valence-electron chi connectivity index (χ4n) is 2.42. The van der Waals surface area contributed by atoms with E-state index in [-0.39, 0.29) is 22.1 Å². The van der Waals surface area contributed by atoms with Crippen molar-refractivity contribution in [3.05, 3.63) is 68.7 Å². The molecule has 0 saturated heterocycles. The highest BCUT2D eigenvalue weighted by atomic mass is 35.5. The molecule has 0 aliphatic carbocycles. The van der Waals surface area contributed by atoms with Crippen molar-refractivity contribution in [3.8, 4) is 11.5 Å². The molecule has 0 aliphatic rings. The Balaban J connectivity index is 2.18. The monoisotopic (exact) mass is 403 g/mol. The van der Waals surface area contributed by atoms with Gasteiger partial charge in [0.15, 0.2) is 17.3 Å². The number of nitro groups is 1. The third kappa shape index (κ3) is 5.82. The number of allylic oxidation sites excluding steroid dienone is 1. The summed E-state index contributed by atoms with van der Waals surface area (Å²) in [4.78, 5) is 22.7. The second-order valence-corrected chi connectivity index (χ2v) is 6.37. The van der Waals surface area contributed by atoms with Gasteiger partial charge in [0.2, 0.25) is 0 Å². The average molecular weight is 404 g/mol. The second-order valence-electron chi connectivity index (χ2n) is 5.96. The third-order valence-electron chi connectivity index (χ3n) is 3.88. The van der Waals surface area contributed by atoms with Gasteiger partial charge >= 0.3 is 0 Å². The van der Waals surface area contributed by atoms with Gasteiger partial charge in [0, 0.05) is 11.6 Å². The number of ketones is 1. The fraction of sp³-hybridized carbons (Fsp3) is 0.286. The van der Waals surface area contributed by atoms with Gasteiger partial charge in [-0.05, 0) is 49.2 Å². The van der Waals surface area contributed by atoms with Gasteiger partial charge in [0.05, 0.1) is 18.1 Å². The first-order valence-electron chi connectivity index (χ1n) is 9.02. The molecule has 2 aromatic rings. The summed E-state index contributed by atoms with van der Waals surface area (Å²) in [5.74, 6) is 0.906. The lowest BCUT2D eigenvalue weighted by atomic mass is 10.1. The molecule has 2 aromatic carbocycles. The number of rotatable bonds is 10. The molecule has 0 N–H and O–H groups in total. The van der Waals surface area contributed by atoms with E-state index < -0.39 is 4.92 Å². The number of unbranched alkanes of at least 4 members (excludes halogenated alkanes) is 1. The Morgan fingerprint density at radius 1 is 1.14 bits per heavy atom. The van der Waals surface area contributed by atoms with Crippen LogP contribution in [0.4, 0.5) is 5.69 Å². The molecule has 0 aliphatic heterocycles. The van der Waals surface area contributed by atoms with Crippen LogP contribution in [0.3, 0.4) is 0 Å². The van der Waals surface area contributed by atoms with E-state index in [0.717, 1.165) is 18.4 Å². The van der Waals surface area contributed by atoms with Crippen LogP contribution in [0.15, 0.2) is 42.5 Å². The first-order chi connectivity index (χ1) is 13.5. The molecule has 0 spiro atoms. The SMILES string of the molecule is CCCCOc1ccc(/C=C/C(=O)c2ccc(Cl)c([N+](=O)[O-])c2)cc1OCC. The van der Waals surface area contributed by atoms with E-state index in [1.807, 2.05) is 13.0 Å². The Morgan fingerprint density at radius 3 is 2.61 bits per heavy atom. The summed E-state index contributed by atoms with van der Waals surface area (Å²) in [6, 6.07) is 9.38. The summed E-state index contributed by atoms with van der Waals surface area (Å²) >= 11 is 5.78. The molecule has 0 unspecified atom stereocenters. The maximum Gasteiger partial charge on any atom is 0.288 e. The maximum absolute atomic E-state index is 12.3. The molecule has 0 atom stereocenters. The van der Waals surface area contributed by atoms with Crippen LogP contribution >= 0.6 is 11.6 Å². The minimum atomic E-state index is -0.617. The summed E-state index contributed by atoms with van der Waals surface area (Å²) in [6.07, 6.45) is 4.97. The Kier molecular flexibility index (Phi) is 8.02. The van der Waals surface area contributed by atoms with Crippen molar-refractivity contribution in [2.24, 2.45) is 0 Å². The molecule has 0 heterocycles. The van der Waals surface area contributed by atoms with E-state index in [1.54, 1.807) is 18.2 Å². The molecule has 0 saturated carbocycles. The van der Waals surface area contributed by atoms with Crippen molar-refractivity contribution in [1.29, 1.82) is 0 Å². The molecular formula is C21H22ClNO5. The van der Waals surface area contributed by atoms with E-state index in [0.29, 0.717) is 24.7 Å². The minimum absolute atomic E-state index is 0.00875. The number of benzene rings is 2. The predicted octanol–water partition coefficient (Wildman–Crippen LogP) is 5.72. The van der Waals surface area contributed by atoms with Crippen LogP contribution < -0.4 is 9.47 Å². The van der Waals surface area contributed by atoms with E-state index in [4.69, 9.17) is 21.1 Å². The van der Waals surface area contributed by atoms with Crippen LogP contribution in [-0.2, 0) is 0 Å². The molecule has 0 radical (unpaired) electrons. The normalized spacial score (nSPS) is 10.8. The van der Waals surface area contributed by atoms with Crippen LogP contribution in [-0.4, -0.2) is 23.9 Å². The molecule has 0 bridgehead atoms. The van der Waals surface area contributed by atoms with Crippen LogP contribution in [0.25, 0.3) is 6.08 Å². The van der Waals surface area contributed by atoms with Gasteiger partial charge in [-0.3, -0.25) is 14.9 Å². The third-order valence-corrected chi connectivity index (χ3v) is 4.20. The van der Waals surface area contributed by atoms with Crippen LogP contribution in [0, 0.1) is 10.1 Å². The second kappa shape index (κ2) is 10.5. The average Bonchev–Trinajstić information content (AvgIpc) is 2.68. The van der Waals surface area contributed by atoms with Crippen molar-refractivity contribution >= 4 is 29.1 Å². The number of nitrogens with zero attached hydrogens (tertiary/aromatic N) is 1. The highest BCUT2D eigenvalue weighted by Gasteiger charge is 2.15. The Hall–Kier alpha value is -2.86. The van der Waals surface area contributed by atoms with Crippen LogP contribution in [0.2, 0.25) is 5.02 Å². The van der Waals surface area contributed by atoms with Crippen molar-refractivity contribution in [3.63, 3.8) is 0 Å². The number of hydrogen-bond acceptors (Lipinski definition) is 5. The Labute approximate surface area is 168 Å². The van der Waals surface area contributed by atoms with E-state index >= 15 is 0 Å². The van der Waals surface area contributed by atoms with Gasteiger partial charge in [0.1, 0.15) is 5.02 Å². The minimum Gasteiger partial charge on any atom is -0.490 e. The molecular weight excluding hydrogens is 382 g/mol. The summed E-state index contributed by atoms with van der Waals surface area (Å²) < 4.78 is 11.4. The lowest BCUT2D eigenvalue weighted by Gasteiger charge is -2.12. The van der Waals surface area contributed by atoms with E-state index in [2.05, 4.69) is 6.92 Å². The highest BCUT2D eigenvalue weighted by Crippen LogP contribution is 2.29. The largest absolute Gasteiger partial charge is 0.490 e. The summed E-state index contributed by atoms with van der Waals surface area (Å²) in [5.41, 5.74) is 0.646. The summed E-state index contributed by atoms with van der Waals surface area (Å²) in [5, 5.41) is 11.0. The molecule has 28 heavy (non-hydrogen) atoms. The molecule has 7 heteroatoms. The number of hydrogen-bond donors (Lipinski definition) is 0. The van der Waals surface area contributed by atoms with Gasteiger partial charge in [-0.25, -0.2) is 0 Å². The fourth-order valence-corrected chi connectivity index (χ4v) is 2.60. The molecule has 0 aromatic heterocycles. The molecule has 2 rings (SSSR count). The maximum atomic E-state index is 12.3. The zero-order chi connectivity index (χ0) is 20.5. The number of carbonyl (C=O) groups is 1. The predicted molar refractivity (Wildman–Crippen MR) is 109 cm³/mol. The number of ether oxygens (including phenoxy) is 2. The number of carbonyl (C=O) groups excluding carboxylic acids is 1. The first kappa shape index (κ1) is 21.4. The Bertz CT molecular complexity index is 879. The van der Waals surface area contributed by atoms with Gasteiger partial charge in [-0.15, -0.1) is 0 Å². The van der Waals surface area contributed by atoms with Crippen molar-refractivity contribution in [1.82, 2.24) is 0 Å². The standard InChI is InChI=1S/C21H22ClNO5/c1-3-5-12-28-20-11-7-15(13-21(20)27-4-2)6-10-19(24)16-8-9-17(22)18(14-16)23(25)26/h6-11,13-14H,3-5,12H2,1-2H3/b10-6+. The van der Waals surface area contributed by atoms with E-state index in [1.165, 1.54) is 24.3 Å². The number of nitro benzene ring substituents is 1. The van der Waals surface area contributed by atoms with Crippen LogP contribution in [0.5, 0.6) is 11.5 Å². The lowest BCUT2D eigenvalue weighted by molar-refractivity contribution is -0.384.